The lowest BCUT2D eigenvalue weighted by Gasteiger charge is -2.28. The zero-order valence-electron chi connectivity index (χ0n) is 14.1. The summed E-state index contributed by atoms with van der Waals surface area (Å²) in [6.07, 6.45) is 2.41. The molecule has 3 nitrogen and oxygen atoms in total. The number of nitrogens with one attached hydrogen (secondary N) is 1. The molecule has 0 amide bonds. The second-order valence-corrected chi connectivity index (χ2v) is 6.81. The fourth-order valence-electron chi connectivity index (χ4n) is 3.26. The molecule has 1 fully saturated rings. The third-order valence-electron chi connectivity index (χ3n) is 4.63. The Kier molecular flexibility index (Phi) is 6.19. The second-order valence-electron chi connectivity index (χ2n) is 6.37. The van der Waals surface area contributed by atoms with Crippen LogP contribution in [0.4, 0.5) is 4.39 Å². The van der Waals surface area contributed by atoms with Crippen LogP contribution in [0, 0.1) is 5.82 Å². The van der Waals surface area contributed by atoms with Crippen LogP contribution in [0.5, 0.6) is 0 Å². The smallest absolute Gasteiger partial charge is 0.176 e. The van der Waals surface area contributed by atoms with Crippen molar-refractivity contribution in [2.24, 2.45) is 0 Å². The molecule has 132 valence electrons. The quantitative estimate of drug-likeness (QED) is 0.755. The molecule has 1 heterocycles. The van der Waals surface area contributed by atoms with E-state index in [4.69, 9.17) is 11.6 Å². The first-order valence-electron chi connectivity index (χ1n) is 8.62. The molecular formula is C20H22ClFN2O. The highest BCUT2D eigenvalue weighted by Crippen LogP contribution is 2.25. The molecule has 0 aromatic heterocycles. The first-order chi connectivity index (χ1) is 12.1. The molecule has 1 saturated heterocycles. The Morgan fingerprint density at radius 2 is 1.72 bits per heavy atom. The molecule has 1 atom stereocenters. The molecule has 5 heteroatoms. The summed E-state index contributed by atoms with van der Waals surface area (Å²) >= 11 is 6.00. The van der Waals surface area contributed by atoms with Gasteiger partial charge in [-0.05, 0) is 67.9 Å². The Labute approximate surface area is 152 Å². The van der Waals surface area contributed by atoms with Gasteiger partial charge in [-0.15, -0.1) is 0 Å². The molecule has 2 aromatic rings. The standard InChI is InChI=1S/C20H22ClFN2O/c21-17-7-3-15(4-8-17)19(24-11-1-2-12-24)13-23-14-20(25)16-5-9-18(22)10-6-16/h3-10,19,23H,1-2,11-14H2. The number of carbonyl (C=O) groups is 1. The molecule has 0 bridgehead atoms. The van der Waals surface area contributed by atoms with Crippen LogP contribution >= 0.6 is 11.6 Å². The van der Waals surface area contributed by atoms with E-state index in [0.29, 0.717) is 12.1 Å². The molecule has 3 rings (SSSR count). The van der Waals surface area contributed by atoms with Crippen molar-refractivity contribution in [2.45, 2.75) is 18.9 Å². The van der Waals surface area contributed by atoms with E-state index in [-0.39, 0.29) is 24.2 Å². The van der Waals surface area contributed by atoms with Gasteiger partial charge in [-0.3, -0.25) is 9.69 Å². The zero-order chi connectivity index (χ0) is 17.6. The number of likely N-dealkylation sites (tertiary alicyclic amines) is 1. The van der Waals surface area contributed by atoms with Gasteiger partial charge >= 0.3 is 0 Å². The number of Topliss-reactive ketones (excluding diaryl/α,β-unsaturated/α-hetero) is 1. The van der Waals surface area contributed by atoms with Gasteiger partial charge in [0, 0.05) is 23.2 Å². The van der Waals surface area contributed by atoms with Crippen LogP contribution in [-0.4, -0.2) is 36.9 Å². The van der Waals surface area contributed by atoms with E-state index in [1.807, 2.05) is 12.1 Å². The molecule has 1 N–H and O–H groups in total. The van der Waals surface area contributed by atoms with Crippen molar-refractivity contribution in [3.8, 4) is 0 Å². The van der Waals surface area contributed by atoms with E-state index in [1.54, 1.807) is 0 Å². The predicted octanol–water partition coefficient (Wildman–Crippen LogP) is 4.09. The minimum Gasteiger partial charge on any atom is -0.308 e. The lowest BCUT2D eigenvalue weighted by molar-refractivity contribution is 0.0987. The summed E-state index contributed by atoms with van der Waals surface area (Å²) in [6, 6.07) is 13.8. The molecule has 1 aliphatic rings. The number of rotatable bonds is 7. The fourth-order valence-corrected chi connectivity index (χ4v) is 3.38. The lowest BCUT2D eigenvalue weighted by atomic mass is 10.1. The molecule has 25 heavy (non-hydrogen) atoms. The Balaban J connectivity index is 1.61. The van der Waals surface area contributed by atoms with Crippen LogP contribution in [0.1, 0.15) is 34.8 Å². The number of carbonyl (C=O) groups excluding carboxylic acids is 1. The van der Waals surface area contributed by atoms with Crippen LogP contribution in [0.25, 0.3) is 0 Å². The number of hydrogen-bond acceptors (Lipinski definition) is 3. The Hall–Kier alpha value is -1.75. The van der Waals surface area contributed by atoms with Gasteiger partial charge in [0.05, 0.1) is 6.54 Å². The number of ketones is 1. The average molecular weight is 361 g/mol. The minimum absolute atomic E-state index is 0.0312. The number of hydrogen-bond donors (Lipinski definition) is 1. The van der Waals surface area contributed by atoms with Gasteiger partial charge < -0.3 is 5.32 Å². The number of halogens is 2. The van der Waals surface area contributed by atoms with Gasteiger partial charge in [0.25, 0.3) is 0 Å². The van der Waals surface area contributed by atoms with Gasteiger partial charge in [-0.1, -0.05) is 23.7 Å². The minimum atomic E-state index is -0.332. The highest BCUT2D eigenvalue weighted by atomic mass is 35.5. The molecule has 0 spiro atoms. The highest BCUT2D eigenvalue weighted by molar-refractivity contribution is 6.30. The molecule has 0 radical (unpaired) electrons. The number of nitrogens with zero attached hydrogens (tertiary/aromatic N) is 1. The van der Waals surface area contributed by atoms with Crippen LogP contribution < -0.4 is 5.32 Å². The topological polar surface area (TPSA) is 32.3 Å². The monoisotopic (exact) mass is 360 g/mol. The summed E-state index contributed by atoms with van der Waals surface area (Å²) in [6.45, 7) is 3.07. The van der Waals surface area contributed by atoms with Crippen molar-refractivity contribution in [1.29, 1.82) is 0 Å². The summed E-state index contributed by atoms with van der Waals surface area (Å²) in [7, 11) is 0. The summed E-state index contributed by atoms with van der Waals surface area (Å²) in [5, 5.41) is 4.00. The SMILES string of the molecule is O=C(CNCC(c1ccc(Cl)cc1)N1CCCC1)c1ccc(F)cc1. The molecule has 2 aromatic carbocycles. The highest BCUT2D eigenvalue weighted by Gasteiger charge is 2.23. The molecular weight excluding hydrogens is 339 g/mol. The van der Waals surface area contributed by atoms with Crippen molar-refractivity contribution in [1.82, 2.24) is 10.2 Å². The zero-order valence-corrected chi connectivity index (χ0v) is 14.8. The van der Waals surface area contributed by atoms with Gasteiger partial charge in [0.15, 0.2) is 5.78 Å². The van der Waals surface area contributed by atoms with E-state index in [2.05, 4.69) is 22.3 Å². The first-order valence-corrected chi connectivity index (χ1v) is 9.00. The van der Waals surface area contributed by atoms with Crippen LogP contribution in [-0.2, 0) is 0 Å². The maximum absolute atomic E-state index is 13.0. The van der Waals surface area contributed by atoms with Gasteiger partial charge in [0.2, 0.25) is 0 Å². The largest absolute Gasteiger partial charge is 0.308 e. The second kappa shape index (κ2) is 8.56. The normalized spacial score (nSPS) is 16.1. The Morgan fingerprint density at radius 3 is 2.36 bits per heavy atom. The maximum Gasteiger partial charge on any atom is 0.176 e. The summed E-state index contributed by atoms with van der Waals surface area (Å²) in [4.78, 5) is 14.7. The van der Waals surface area contributed by atoms with Gasteiger partial charge in [-0.2, -0.15) is 0 Å². The van der Waals surface area contributed by atoms with Crippen LogP contribution in [0.15, 0.2) is 48.5 Å². The third-order valence-corrected chi connectivity index (χ3v) is 4.88. The lowest BCUT2D eigenvalue weighted by Crippen LogP contribution is -2.36. The average Bonchev–Trinajstić information content (AvgIpc) is 3.14. The Morgan fingerprint density at radius 1 is 1.08 bits per heavy atom. The van der Waals surface area contributed by atoms with Crippen molar-refractivity contribution in [2.75, 3.05) is 26.2 Å². The van der Waals surface area contributed by atoms with Crippen molar-refractivity contribution in [3.05, 3.63) is 70.5 Å². The Bertz CT molecular complexity index is 697. The molecule has 0 saturated carbocycles. The maximum atomic E-state index is 13.0. The molecule has 1 aliphatic heterocycles. The van der Waals surface area contributed by atoms with Gasteiger partial charge in [-0.25, -0.2) is 4.39 Å². The number of benzene rings is 2. The van der Waals surface area contributed by atoms with E-state index in [1.165, 1.54) is 42.7 Å². The van der Waals surface area contributed by atoms with E-state index in [0.717, 1.165) is 18.1 Å². The van der Waals surface area contributed by atoms with E-state index in [9.17, 15) is 9.18 Å². The summed E-state index contributed by atoms with van der Waals surface area (Å²) < 4.78 is 13.0. The predicted molar refractivity (Wildman–Crippen MR) is 98.6 cm³/mol. The molecule has 0 aliphatic carbocycles. The fraction of sp³-hybridized carbons (Fsp3) is 0.350. The van der Waals surface area contributed by atoms with E-state index >= 15 is 0 Å². The van der Waals surface area contributed by atoms with Crippen molar-refractivity contribution < 1.29 is 9.18 Å². The summed E-state index contributed by atoms with van der Waals surface area (Å²) in [5.41, 5.74) is 1.73. The third kappa shape index (κ3) is 4.88. The van der Waals surface area contributed by atoms with Gasteiger partial charge in [0.1, 0.15) is 5.82 Å². The van der Waals surface area contributed by atoms with Crippen LogP contribution in [0.2, 0.25) is 5.02 Å². The van der Waals surface area contributed by atoms with Crippen molar-refractivity contribution >= 4 is 17.4 Å². The summed E-state index contributed by atoms with van der Waals surface area (Å²) in [5.74, 6) is -0.363. The first kappa shape index (κ1) is 18.1. The van der Waals surface area contributed by atoms with E-state index < -0.39 is 0 Å². The van der Waals surface area contributed by atoms with Crippen LogP contribution in [0.3, 0.4) is 0 Å². The molecule has 1 unspecified atom stereocenters. The van der Waals surface area contributed by atoms with Crippen molar-refractivity contribution in [3.63, 3.8) is 0 Å².